The first-order valence-corrected chi connectivity index (χ1v) is 3.19. The van der Waals surface area contributed by atoms with Crippen LogP contribution in [0.5, 0.6) is 0 Å². The molecule has 0 aliphatic rings. The minimum absolute atomic E-state index is 0. The van der Waals surface area contributed by atoms with Crippen LogP contribution in [-0.2, 0) is 0 Å². The molecule has 0 radical (unpaired) electrons. The Labute approximate surface area is 104 Å². The van der Waals surface area contributed by atoms with Crippen molar-refractivity contribution in [2.45, 2.75) is 6.92 Å². The molecule has 0 aliphatic heterocycles. The Morgan fingerprint density at radius 1 is 1.00 bits per heavy atom. The summed E-state index contributed by atoms with van der Waals surface area (Å²) in [6, 6.07) is 8.37. The van der Waals surface area contributed by atoms with E-state index in [9.17, 15) is 0 Å². The van der Waals surface area contributed by atoms with E-state index in [1.54, 1.807) is 0 Å². The quantitative estimate of drug-likeness (QED) is 0.316. The molecular weight excluding hydrogens is 365 g/mol. The van der Waals surface area contributed by atoms with Crippen LogP contribution in [-0.4, -0.2) is 16.3 Å². The molecule has 10 heavy (non-hydrogen) atoms. The molecule has 0 atom stereocenters. The van der Waals surface area contributed by atoms with Gasteiger partial charge in [0, 0.05) is 0 Å². The number of hydrogen-bond acceptors (Lipinski definition) is 0. The number of benzene rings is 1. The molecule has 0 saturated heterocycles. The predicted octanol–water partition coefficient (Wildman–Crippen LogP) is -5.20. The molecule has 0 N–H and O–H groups in total. The maximum atomic E-state index is 2.65. The van der Waals surface area contributed by atoms with Crippen LogP contribution in [0.3, 0.4) is 0 Å². The number of aryl methyl sites for hydroxylation is 1. The van der Waals surface area contributed by atoms with Gasteiger partial charge in [0.25, 0.3) is 0 Å². The van der Waals surface area contributed by atoms with Crippen molar-refractivity contribution in [2.75, 3.05) is 0 Å². The molecule has 1 rings (SSSR count). The molecule has 0 spiro atoms. The van der Waals surface area contributed by atoms with Crippen molar-refractivity contribution in [2.24, 2.45) is 0 Å². The Kier molecular flexibility index (Phi) is 9.50. The predicted molar refractivity (Wildman–Crippen MR) is 36.6 cm³/mol. The first-order valence-electron chi connectivity index (χ1n) is 2.61. The van der Waals surface area contributed by atoms with E-state index < -0.39 is 0 Å². The van der Waals surface area contributed by atoms with E-state index >= 15 is 0 Å². The minimum Gasteiger partial charge on any atom is -1.00 e. The fourth-order valence-corrected chi connectivity index (χ4v) is 0.759. The second kappa shape index (κ2) is 6.89. The van der Waals surface area contributed by atoms with Gasteiger partial charge in [-0.05, 0) is 0 Å². The van der Waals surface area contributed by atoms with Crippen molar-refractivity contribution in [1.29, 1.82) is 0 Å². The van der Waals surface area contributed by atoms with E-state index in [2.05, 4.69) is 47.5 Å². The summed E-state index contributed by atoms with van der Waals surface area (Å²) in [4.78, 5) is 0. The van der Waals surface area contributed by atoms with Gasteiger partial charge in [0.2, 0.25) is 0 Å². The molecule has 3 heteroatoms. The Balaban J connectivity index is 0. The monoisotopic (exact) mass is 372 g/mol. The maximum absolute atomic E-state index is 2.65. The summed E-state index contributed by atoms with van der Waals surface area (Å²) in [7, 11) is 0. The third kappa shape index (κ3) is 4.94. The molecule has 0 unspecified atom stereocenters. The topological polar surface area (TPSA) is 0 Å². The van der Waals surface area contributed by atoms with Gasteiger partial charge in [0.15, 0.2) is 0 Å². The Morgan fingerprint density at radius 3 is 1.70 bits per heavy atom. The molecule has 52 valence electrons. The van der Waals surface area contributed by atoms with Gasteiger partial charge in [-0.3, -0.25) is 0 Å². The molecule has 0 amide bonds. The normalized spacial score (nSPS) is 7.50. The van der Waals surface area contributed by atoms with E-state index in [1.807, 2.05) is 0 Å². The molecule has 1 aromatic carbocycles. The zero-order valence-electron chi connectivity index (χ0n) is 5.64. The van der Waals surface area contributed by atoms with Crippen LogP contribution in [0.2, 0.25) is 0 Å². The summed E-state index contributed by atoms with van der Waals surface area (Å²) in [5.41, 5.74) is 1.32. The fourth-order valence-electron chi connectivity index (χ4n) is 0.566. The maximum Gasteiger partial charge on any atom is -1.00 e. The van der Waals surface area contributed by atoms with Crippen LogP contribution in [0.4, 0.5) is 0 Å². The Hall–Kier alpha value is 1.21. The van der Waals surface area contributed by atoms with Crippen LogP contribution in [0, 0.1) is 6.92 Å². The van der Waals surface area contributed by atoms with Crippen molar-refractivity contribution in [3.63, 3.8) is 0 Å². The summed E-state index contributed by atoms with van der Waals surface area (Å²) in [5.74, 6) is 0. The summed E-state index contributed by atoms with van der Waals surface area (Å²) in [6.45, 7) is 2.09. The number of halogens is 2. The van der Waals surface area contributed by atoms with Crippen molar-refractivity contribution >= 4 is 20.7 Å². The average Bonchev–Trinajstić information content (AvgIpc) is 1.77. The van der Waals surface area contributed by atoms with Gasteiger partial charge in [-0.25, -0.2) is 0 Å². The molecule has 0 aromatic heterocycles. The smallest absolute Gasteiger partial charge is 1.00 e. The molecule has 0 bridgehead atoms. The second-order valence-corrected chi connectivity index (χ2v) is 2.58. The zero-order valence-corrected chi connectivity index (χ0v) is 11.1. The van der Waals surface area contributed by atoms with E-state index in [0.29, 0.717) is 0 Å². The minimum atomic E-state index is 0. The molecule has 0 aliphatic carbocycles. The van der Waals surface area contributed by atoms with Crippen LogP contribution >= 0.6 is 0 Å². The summed E-state index contributed by atoms with van der Waals surface area (Å²) in [6.07, 6.45) is 0. The van der Waals surface area contributed by atoms with Crippen molar-refractivity contribution in [1.82, 2.24) is 0 Å². The molecular formula is C7H7AlI2. The van der Waals surface area contributed by atoms with Gasteiger partial charge in [0.1, 0.15) is 0 Å². The van der Waals surface area contributed by atoms with Crippen LogP contribution in [0.25, 0.3) is 0 Å². The summed E-state index contributed by atoms with van der Waals surface area (Å²) in [5, 5.41) is 0. The van der Waals surface area contributed by atoms with Gasteiger partial charge in [-0.15, -0.1) is 0 Å². The summed E-state index contributed by atoms with van der Waals surface area (Å²) < 4.78 is 1.25. The number of rotatable bonds is 0. The van der Waals surface area contributed by atoms with Crippen LogP contribution in [0.1, 0.15) is 5.56 Å². The third-order valence-corrected chi connectivity index (χ3v) is 1.46. The first-order chi connectivity index (χ1) is 3.79. The van der Waals surface area contributed by atoms with Gasteiger partial charge in [0.05, 0.1) is 0 Å². The zero-order chi connectivity index (χ0) is 5.98. The van der Waals surface area contributed by atoms with Crippen molar-refractivity contribution in [3.8, 4) is 0 Å². The van der Waals surface area contributed by atoms with Crippen molar-refractivity contribution in [3.05, 3.63) is 29.8 Å². The van der Waals surface area contributed by atoms with Crippen LogP contribution in [0.15, 0.2) is 24.3 Å². The Morgan fingerprint density at radius 2 is 1.40 bits per heavy atom. The Bertz CT molecular complexity index is 150. The van der Waals surface area contributed by atoms with E-state index in [-0.39, 0.29) is 48.0 Å². The van der Waals surface area contributed by atoms with E-state index in [4.69, 9.17) is 0 Å². The van der Waals surface area contributed by atoms with E-state index in [0.717, 1.165) is 0 Å². The fraction of sp³-hybridized carbons (Fsp3) is 0.143. The molecule has 0 heterocycles. The molecule has 0 saturated carbocycles. The van der Waals surface area contributed by atoms with Gasteiger partial charge >= 0.3 is 57.5 Å². The molecule has 0 fully saturated rings. The largest absolute Gasteiger partial charge is 1.00 e. The summed E-state index contributed by atoms with van der Waals surface area (Å²) >= 11 is 2.65. The van der Waals surface area contributed by atoms with Crippen molar-refractivity contribution < 1.29 is 48.0 Å². The SMILES string of the molecule is Cc1cc[c]([Al+2])cc1.[I-].[I-]. The number of hydrogen-bond donors (Lipinski definition) is 0. The van der Waals surface area contributed by atoms with Gasteiger partial charge in [-0.2, -0.15) is 0 Å². The van der Waals surface area contributed by atoms with Gasteiger partial charge < -0.3 is 48.0 Å². The molecule has 0 nitrogen and oxygen atoms in total. The van der Waals surface area contributed by atoms with E-state index in [1.165, 1.54) is 9.99 Å². The van der Waals surface area contributed by atoms with Gasteiger partial charge in [-0.1, -0.05) is 0 Å². The van der Waals surface area contributed by atoms with Crippen LogP contribution < -0.4 is 52.4 Å². The standard InChI is InChI=1S/C7H7.Al.2HI/c1-7-5-3-2-4-6-7;;;/h3-6H,1H3;;2*1H/q;+2;;/p-2. The second-order valence-electron chi connectivity index (χ2n) is 1.91. The first kappa shape index (κ1) is 13.8. The molecule has 1 aromatic rings. The third-order valence-electron chi connectivity index (χ3n) is 1.08. The average molecular weight is 372 g/mol.